The van der Waals surface area contributed by atoms with Crippen LogP contribution in [-0.4, -0.2) is 25.5 Å². The molecule has 148 valence electrons. The van der Waals surface area contributed by atoms with Crippen molar-refractivity contribution in [2.24, 2.45) is 5.92 Å². The van der Waals surface area contributed by atoms with Gasteiger partial charge in [0.25, 0.3) is 0 Å². The number of anilines is 2. The van der Waals surface area contributed by atoms with Crippen LogP contribution >= 0.6 is 11.6 Å². The van der Waals surface area contributed by atoms with E-state index >= 15 is 0 Å². The van der Waals surface area contributed by atoms with E-state index in [-0.39, 0.29) is 29.6 Å². The Balaban J connectivity index is 1.73. The highest BCUT2D eigenvalue weighted by Crippen LogP contribution is 2.34. The van der Waals surface area contributed by atoms with E-state index in [1.807, 2.05) is 0 Å². The highest BCUT2D eigenvalue weighted by atomic mass is 35.5. The maximum atomic E-state index is 12.9. The fourth-order valence-electron chi connectivity index (χ4n) is 2.93. The van der Waals surface area contributed by atoms with Crippen LogP contribution in [-0.2, 0) is 15.8 Å². The Morgan fingerprint density at radius 1 is 1.21 bits per heavy atom. The highest BCUT2D eigenvalue weighted by Gasteiger charge is 2.36. The van der Waals surface area contributed by atoms with Gasteiger partial charge < -0.3 is 15.0 Å². The number of ether oxygens (including phenoxy) is 1. The molecular weight excluding hydrogens is 397 g/mol. The molecule has 1 N–H and O–H groups in total. The third-order valence-electron chi connectivity index (χ3n) is 4.43. The molecule has 1 fully saturated rings. The third-order valence-corrected chi connectivity index (χ3v) is 4.76. The van der Waals surface area contributed by atoms with Gasteiger partial charge in [0, 0.05) is 18.7 Å². The van der Waals surface area contributed by atoms with E-state index in [2.05, 4.69) is 5.32 Å². The van der Waals surface area contributed by atoms with E-state index < -0.39 is 23.6 Å². The molecule has 1 aliphatic heterocycles. The lowest BCUT2D eigenvalue weighted by molar-refractivity contribution is -0.137. The van der Waals surface area contributed by atoms with Crippen molar-refractivity contribution in [3.05, 3.63) is 53.1 Å². The van der Waals surface area contributed by atoms with Gasteiger partial charge in [0.05, 0.1) is 29.3 Å². The van der Waals surface area contributed by atoms with Gasteiger partial charge in [-0.1, -0.05) is 11.6 Å². The average molecular weight is 413 g/mol. The lowest BCUT2D eigenvalue weighted by Gasteiger charge is -2.17. The van der Waals surface area contributed by atoms with Gasteiger partial charge in [-0.05, 0) is 42.5 Å². The van der Waals surface area contributed by atoms with Crippen LogP contribution in [0, 0.1) is 5.92 Å². The van der Waals surface area contributed by atoms with Gasteiger partial charge in [-0.3, -0.25) is 9.59 Å². The standard InChI is InChI=1S/C19H16ClF3N2O3/c1-28-14-5-3-13(4-6-14)25-10-11(8-17(25)26)18(27)24-16-9-12(19(21,22)23)2-7-15(16)20/h2-7,9,11H,8,10H2,1H3,(H,24,27)/t11-/m0/s1. The smallest absolute Gasteiger partial charge is 0.416 e. The summed E-state index contributed by atoms with van der Waals surface area (Å²) in [4.78, 5) is 26.2. The summed E-state index contributed by atoms with van der Waals surface area (Å²) in [7, 11) is 1.52. The monoisotopic (exact) mass is 412 g/mol. The van der Waals surface area contributed by atoms with Gasteiger partial charge in [-0.25, -0.2) is 0 Å². The first-order chi connectivity index (χ1) is 13.2. The van der Waals surface area contributed by atoms with E-state index in [0.717, 1.165) is 18.2 Å². The number of nitrogens with one attached hydrogen (secondary N) is 1. The molecule has 1 heterocycles. The maximum absolute atomic E-state index is 12.9. The fourth-order valence-corrected chi connectivity index (χ4v) is 3.09. The number of rotatable bonds is 4. The minimum Gasteiger partial charge on any atom is -0.497 e. The SMILES string of the molecule is COc1ccc(N2C[C@@H](C(=O)Nc3cc(C(F)(F)F)ccc3Cl)CC2=O)cc1. The summed E-state index contributed by atoms with van der Waals surface area (Å²) in [6.07, 6.45) is -4.60. The van der Waals surface area contributed by atoms with Gasteiger partial charge >= 0.3 is 6.18 Å². The predicted octanol–water partition coefficient (Wildman–Crippen LogP) is 4.36. The van der Waals surface area contributed by atoms with Crippen molar-refractivity contribution in [1.29, 1.82) is 0 Å². The molecule has 0 spiro atoms. The average Bonchev–Trinajstić information content (AvgIpc) is 3.04. The molecule has 5 nitrogen and oxygen atoms in total. The maximum Gasteiger partial charge on any atom is 0.416 e. The first-order valence-corrected chi connectivity index (χ1v) is 8.69. The van der Waals surface area contributed by atoms with Crippen molar-refractivity contribution in [3.63, 3.8) is 0 Å². The Labute approximate surface area is 164 Å². The molecule has 2 aromatic rings. The molecule has 0 unspecified atom stereocenters. The molecule has 1 aliphatic rings. The lowest BCUT2D eigenvalue weighted by atomic mass is 10.1. The van der Waals surface area contributed by atoms with Crippen LogP contribution in [0.4, 0.5) is 24.5 Å². The van der Waals surface area contributed by atoms with Crippen LogP contribution in [0.2, 0.25) is 5.02 Å². The van der Waals surface area contributed by atoms with Gasteiger partial charge in [-0.15, -0.1) is 0 Å². The zero-order valence-electron chi connectivity index (χ0n) is 14.7. The molecule has 0 aromatic heterocycles. The Bertz CT molecular complexity index is 900. The number of nitrogens with zero attached hydrogens (tertiary/aromatic N) is 1. The van der Waals surface area contributed by atoms with E-state index in [9.17, 15) is 22.8 Å². The van der Waals surface area contributed by atoms with Crippen LogP contribution < -0.4 is 15.0 Å². The Kier molecular flexibility index (Phi) is 5.51. The number of benzene rings is 2. The summed E-state index contributed by atoms with van der Waals surface area (Å²) in [5.41, 5.74) is -0.454. The van der Waals surface area contributed by atoms with Crippen molar-refractivity contribution in [1.82, 2.24) is 0 Å². The van der Waals surface area contributed by atoms with E-state index in [1.54, 1.807) is 24.3 Å². The first-order valence-electron chi connectivity index (χ1n) is 8.31. The summed E-state index contributed by atoms with van der Waals surface area (Å²) >= 11 is 5.91. The predicted molar refractivity (Wildman–Crippen MR) is 98.5 cm³/mol. The zero-order chi connectivity index (χ0) is 20.5. The molecule has 0 saturated carbocycles. The highest BCUT2D eigenvalue weighted by molar-refractivity contribution is 6.33. The van der Waals surface area contributed by atoms with E-state index in [0.29, 0.717) is 11.4 Å². The Morgan fingerprint density at radius 3 is 2.50 bits per heavy atom. The van der Waals surface area contributed by atoms with E-state index in [4.69, 9.17) is 16.3 Å². The summed E-state index contributed by atoms with van der Waals surface area (Å²) in [6.45, 7) is 0.119. The number of hydrogen-bond donors (Lipinski definition) is 1. The number of carbonyl (C=O) groups is 2. The second kappa shape index (κ2) is 7.71. The molecule has 9 heteroatoms. The van der Waals surface area contributed by atoms with Crippen LogP contribution in [0.1, 0.15) is 12.0 Å². The molecule has 28 heavy (non-hydrogen) atoms. The van der Waals surface area contributed by atoms with Crippen molar-refractivity contribution in [2.75, 3.05) is 23.9 Å². The fraction of sp³-hybridized carbons (Fsp3) is 0.263. The number of halogens is 4. The topological polar surface area (TPSA) is 58.6 Å². The van der Waals surface area contributed by atoms with Gasteiger partial charge in [0.2, 0.25) is 11.8 Å². The second-order valence-corrected chi connectivity index (χ2v) is 6.69. The number of methoxy groups -OCH3 is 1. The van der Waals surface area contributed by atoms with Gasteiger partial charge in [0.1, 0.15) is 5.75 Å². The number of amides is 2. The summed E-state index contributed by atoms with van der Waals surface area (Å²) < 4.78 is 43.7. The normalized spacial score (nSPS) is 17.0. The van der Waals surface area contributed by atoms with Crippen molar-refractivity contribution in [3.8, 4) is 5.75 Å². The van der Waals surface area contributed by atoms with Crippen LogP contribution in [0.5, 0.6) is 5.75 Å². The number of hydrogen-bond acceptors (Lipinski definition) is 3. The molecule has 1 saturated heterocycles. The van der Waals surface area contributed by atoms with Crippen LogP contribution in [0.15, 0.2) is 42.5 Å². The second-order valence-electron chi connectivity index (χ2n) is 6.29. The molecule has 2 aromatic carbocycles. The largest absolute Gasteiger partial charge is 0.497 e. The van der Waals surface area contributed by atoms with Crippen molar-refractivity contribution in [2.45, 2.75) is 12.6 Å². The quantitative estimate of drug-likeness (QED) is 0.811. The van der Waals surface area contributed by atoms with Gasteiger partial charge in [0.15, 0.2) is 0 Å². The molecule has 0 radical (unpaired) electrons. The Hall–Kier alpha value is -2.74. The first kappa shape index (κ1) is 20.0. The Morgan fingerprint density at radius 2 is 1.89 bits per heavy atom. The van der Waals surface area contributed by atoms with Gasteiger partial charge in [-0.2, -0.15) is 13.2 Å². The molecule has 0 bridgehead atoms. The molecule has 0 aliphatic carbocycles. The van der Waals surface area contributed by atoms with Crippen molar-refractivity contribution < 1.29 is 27.5 Å². The van der Waals surface area contributed by atoms with E-state index in [1.165, 1.54) is 12.0 Å². The minimum atomic E-state index is -4.56. The summed E-state index contributed by atoms with van der Waals surface area (Å²) in [5, 5.41) is 2.39. The minimum absolute atomic E-state index is 0.0160. The number of carbonyl (C=O) groups excluding carboxylic acids is 2. The third kappa shape index (κ3) is 4.22. The number of alkyl halides is 3. The molecular formula is C19H16ClF3N2O3. The summed E-state index contributed by atoms with van der Waals surface area (Å²) in [6, 6.07) is 9.46. The van der Waals surface area contributed by atoms with Crippen LogP contribution in [0.25, 0.3) is 0 Å². The van der Waals surface area contributed by atoms with Crippen LogP contribution in [0.3, 0.4) is 0 Å². The molecule has 1 atom stereocenters. The summed E-state index contributed by atoms with van der Waals surface area (Å²) in [5.74, 6) is -0.893. The van der Waals surface area contributed by atoms with Crippen molar-refractivity contribution >= 4 is 34.8 Å². The lowest BCUT2D eigenvalue weighted by Crippen LogP contribution is -2.28. The zero-order valence-corrected chi connectivity index (χ0v) is 15.5. The molecule has 3 rings (SSSR count). The molecule has 2 amide bonds.